The number of carboxylic acids is 2. The molecule has 0 fully saturated rings. The summed E-state index contributed by atoms with van der Waals surface area (Å²) in [6.07, 6.45) is 7.47. The maximum atomic E-state index is 10.6. The van der Waals surface area contributed by atoms with Crippen molar-refractivity contribution in [2.24, 2.45) is 9.98 Å². The molecule has 0 saturated carbocycles. The van der Waals surface area contributed by atoms with Crippen molar-refractivity contribution in [2.45, 2.75) is 92.9 Å². The minimum Gasteiger partial charge on any atom is -0.550 e. The van der Waals surface area contributed by atoms with Crippen LogP contribution in [0.1, 0.15) is 113 Å². The molecule has 0 unspecified atom stereocenters. The zero-order valence-corrected chi connectivity index (χ0v) is 26.0. The first-order valence-corrected chi connectivity index (χ1v) is 13.3. The Morgan fingerprint density at radius 3 is 1.30 bits per heavy atom. The summed E-state index contributed by atoms with van der Waals surface area (Å²) in [6.45, 7) is 14.8. The molecule has 0 aliphatic rings. The molecular weight excluding hydrogens is 555 g/mol. The van der Waals surface area contributed by atoms with E-state index in [4.69, 9.17) is 19.8 Å². The number of aryl methyl sites for hydroxylation is 2. The van der Waals surface area contributed by atoms with Crippen LogP contribution in [0.2, 0.25) is 0 Å². The van der Waals surface area contributed by atoms with Crippen LogP contribution in [0.5, 0.6) is 11.5 Å². The summed E-state index contributed by atoms with van der Waals surface area (Å²) < 4.78 is 0. The van der Waals surface area contributed by atoms with Crippen LogP contribution >= 0.6 is 0 Å². The number of nitrogens with zero attached hydrogens (tertiary/aromatic N) is 2. The van der Waals surface area contributed by atoms with E-state index in [0.717, 1.165) is 61.8 Å². The first-order chi connectivity index (χ1) is 18.2. The molecule has 0 aromatic heterocycles. The first kappa shape index (κ1) is 39.0. The fourth-order valence-corrected chi connectivity index (χ4v) is 3.76. The van der Waals surface area contributed by atoms with Gasteiger partial charge in [0.15, 0.2) is 0 Å². The van der Waals surface area contributed by atoms with Crippen LogP contribution in [-0.2, 0) is 39.2 Å². The molecule has 8 nitrogen and oxygen atoms in total. The predicted octanol–water partition coefficient (Wildman–Crippen LogP) is 4.26. The molecule has 2 aromatic carbocycles. The molecule has 0 bridgehead atoms. The Labute approximate surface area is 249 Å². The molecule has 0 spiro atoms. The molecule has 9 heteroatoms. The minimum absolute atomic E-state index is 0. The van der Waals surface area contributed by atoms with Crippen molar-refractivity contribution in [3.63, 3.8) is 0 Å². The zero-order chi connectivity index (χ0) is 30.1. The van der Waals surface area contributed by atoms with Gasteiger partial charge >= 0.3 is 16.8 Å². The van der Waals surface area contributed by atoms with Crippen molar-refractivity contribution in [1.82, 2.24) is 0 Å². The predicted molar refractivity (Wildman–Crippen MR) is 154 cm³/mol. The Hall–Kier alpha value is -3.17. The molecule has 0 saturated heterocycles. The summed E-state index contributed by atoms with van der Waals surface area (Å²) in [5.41, 5.74) is 5.81. The molecular formula is C31H44CoN2O6. The Morgan fingerprint density at radius 2 is 1.05 bits per heavy atom. The Morgan fingerprint density at radius 1 is 0.750 bits per heavy atom. The summed E-state index contributed by atoms with van der Waals surface area (Å²) in [5, 5.41) is 39.0. The number of phenols is 2. The van der Waals surface area contributed by atoms with Crippen LogP contribution in [0, 0.1) is 0 Å². The van der Waals surface area contributed by atoms with Crippen LogP contribution in [0.4, 0.5) is 0 Å². The van der Waals surface area contributed by atoms with Gasteiger partial charge in [-0.2, -0.15) is 0 Å². The van der Waals surface area contributed by atoms with Gasteiger partial charge in [0.2, 0.25) is 0 Å². The number of benzene rings is 2. The van der Waals surface area contributed by atoms with Gasteiger partial charge in [-0.05, 0) is 72.9 Å². The van der Waals surface area contributed by atoms with Crippen molar-refractivity contribution in [1.29, 1.82) is 0 Å². The third-order valence-corrected chi connectivity index (χ3v) is 5.40. The second-order valence-electron chi connectivity index (χ2n) is 9.80. The number of aliphatic carboxylic acids is 2. The second kappa shape index (κ2) is 20.7. The summed E-state index contributed by atoms with van der Waals surface area (Å²) in [5.74, 6) is -1.07. The van der Waals surface area contributed by atoms with Gasteiger partial charge in [0.05, 0.1) is 0 Å². The molecule has 0 heterocycles. The maximum Gasteiger partial charge on any atom is 2.00 e. The van der Waals surface area contributed by atoms with E-state index in [9.17, 15) is 10.2 Å². The third-order valence-electron chi connectivity index (χ3n) is 5.40. The van der Waals surface area contributed by atoms with Crippen LogP contribution < -0.4 is 10.2 Å². The van der Waals surface area contributed by atoms with Gasteiger partial charge in [-0.25, -0.2) is 0 Å². The molecule has 0 atom stereocenters. The molecule has 2 aromatic rings. The normalized spacial score (nSPS) is 10.7. The molecule has 2 rings (SSSR count). The monoisotopic (exact) mass is 599 g/mol. The summed E-state index contributed by atoms with van der Waals surface area (Å²) >= 11 is 0. The van der Waals surface area contributed by atoms with E-state index in [2.05, 4.69) is 63.7 Å². The van der Waals surface area contributed by atoms with Crippen molar-refractivity contribution in [3.05, 3.63) is 57.6 Å². The number of hydrogen-bond acceptors (Lipinski definition) is 8. The molecule has 0 amide bonds. The molecule has 223 valence electrons. The number of hydrogen-bond donors (Lipinski definition) is 2. The van der Waals surface area contributed by atoms with Crippen molar-refractivity contribution in [3.8, 4) is 11.5 Å². The molecule has 40 heavy (non-hydrogen) atoms. The van der Waals surface area contributed by atoms with Gasteiger partial charge < -0.3 is 30.0 Å². The number of rotatable bonds is 10. The summed E-state index contributed by atoms with van der Waals surface area (Å²) in [6, 6.07) is 8.20. The second-order valence-corrected chi connectivity index (χ2v) is 9.80. The van der Waals surface area contributed by atoms with Gasteiger partial charge in [-0.1, -0.05) is 66.5 Å². The van der Waals surface area contributed by atoms with Crippen molar-refractivity contribution in [2.75, 3.05) is 6.67 Å². The largest absolute Gasteiger partial charge is 2.00 e. The van der Waals surface area contributed by atoms with Gasteiger partial charge in [0.1, 0.15) is 18.2 Å². The topological polar surface area (TPSA) is 145 Å². The van der Waals surface area contributed by atoms with Crippen molar-refractivity contribution < 1.29 is 46.8 Å². The molecule has 1 radical (unpaired) electrons. The number of aliphatic imine (C=N–C) groups is 2. The SMILES string of the molecule is CC(=O)[O-].CC(=O)[O-].CCCc1cc(C=NCN=Cc2cc(CCC)cc(C(C)C)c2O)c(O)c(C(C)C)c1.[Co+2]. The van der Waals surface area contributed by atoms with E-state index < -0.39 is 11.9 Å². The third kappa shape index (κ3) is 15.4. The van der Waals surface area contributed by atoms with Crippen LogP contribution in [0.3, 0.4) is 0 Å². The van der Waals surface area contributed by atoms with Gasteiger partial charge in [-0.15, -0.1) is 0 Å². The Balaban J connectivity index is 0. The maximum absolute atomic E-state index is 10.6. The number of aromatic hydroxyl groups is 2. The molecule has 2 N–H and O–H groups in total. The fourth-order valence-electron chi connectivity index (χ4n) is 3.76. The van der Waals surface area contributed by atoms with E-state index in [-0.39, 0.29) is 35.3 Å². The van der Waals surface area contributed by atoms with E-state index >= 15 is 0 Å². The minimum atomic E-state index is -1.08. The van der Waals surface area contributed by atoms with Crippen LogP contribution in [-0.4, -0.2) is 41.2 Å². The van der Waals surface area contributed by atoms with Crippen LogP contribution in [0.25, 0.3) is 0 Å². The first-order valence-electron chi connectivity index (χ1n) is 13.3. The van der Waals surface area contributed by atoms with Gasteiger partial charge in [-0.3, -0.25) is 9.98 Å². The van der Waals surface area contributed by atoms with Crippen molar-refractivity contribution >= 4 is 24.4 Å². The quantitative estimate of drug-likeness (QED) is 0.391. The van der Waals surface area contributed by atoms with E-state index in [1.165, 1.54) is 11.1 Å². The number of carbonyl (C=O) groups excluding carboxylic acids is 2. The smallest absolute Gasteiger partial charge is 0.550 e. The van der Waals surface area contributed by atoms with E-state index in [0.29, 0.717) is 11.5 Å². The summed E-state index contributed by atoms with van der Waals surface area (Å²) in [7, 11) is 0. The average molecular weight is 600 g/mol. The Bertz CT molecular complexity index is 1030. The number of phenolic OH excluding ortho intramolecular Hbond substituents is 2. The number of carbonyl (C=O) groups is 2. The Kier molecular flexibility index (Phi) is 20.2. The molecule has 0 aliphatic heterocycles. The summed E-state index contributed by atoms with van der Waals surface area (Å²) in [4.78, 5) is 26.6. The average Bonchev–Trinajstić information content (AvgIpc) is 2.81. The number of carboxylic acid groups (broad SMARTS) is 2. The van der Waals surface area contributed by atoms with Gasteiger partial charge in [0.25, 0.3) is 0 Å². The fraction of sp³-hybridized carbons (Fsp3) is 0.484. The molecule has 0 aliphatic carbocycles. The standard InChI is InChI=1S/C27H38N2O2.2C2H4O2.Co/c1-7-9-20-11-22(26(30)24(13-20)18(3)4)15-28-17-29-16-23-12-21(10-8-2)14-25(19(5)6)27(23)31;2*1-2(3)4;/h11-16,18-19,30-31H,7-10,17H2,1-6H3;2*1H3,(H,3,4);/q;;;+2/p-2. The van der Waals surface area contributed by atoms with E-state index in [1.807, 2.05) is 12.1 Å². The van der Waals surface area contributed by atoms with Gasteiger partial charge in [0, 0.05) is 35.5 Å². The van der Waals surface area contributed by atoms with Crippen LogP contribution in [0.15, 0.2) is 34.3 Å². The zero-order valence-electron chi connectivity index (χ0n) is 24.9. The van der Waals surface area contributed by atoms with E-state index in [1.54, 1.807) is 12.4 Å².